The fraction of sp³-hybridized carbons (Fsp3) is 0.389. The molecule has 1 atom stereocenters. The maximum absolute atomic E-state index is 13.2. The second-order valence-electron chi connectivity index (χ2n) is 6.09. The molecule has 1 N–H and O–H groups in total. The van der Waals surface area contributed by atoms with Crippen molar-refractivity contribution in [3.63, 3.8) is 0 Å². The minimum absolute atomic E-state index is 0.0122. The lowest BCUT2D eigenvalue weighted by atomic mass is 10.0. The average molecular weight is 331 g/mol. The van der Waals surface area contributed by atoms with Crippen LogP contribution in [0.1, 0.15) is 22.2 Å². The maximum Gasteiger partial charge on any atom is 0.287 e. The molecule has 0 saturated carbocycles. The van der Waals surface area contributed by atoms with Crippen LogP contribution in [0.25, 0.3) is 0 Å². The maximum atomic E-state index is 13.2. The highest BCUT2D eigenvalue weighted by Crippen LogP contribution is 2.22. The van der Waals surface area contributed by atoms with E-state index in [0.717, 1.165) is 31.7 Å². The van der Waals surface area contributed by atoms with Gasteiger partial charge in [-0.15, -0.1) is 0 Å². The van der Waals surface area contributed by atoms with Crippen LogP contribution in [0.5, 0.6) is 0 Å². The molecule has 3 rings (SSSR count). The molecule has 1 aliphatic heterocycles. The van der Waals surface area contributed by atoms with Crippen LogP contribution in [0.15, 0.2) is 47.1 Å². The largest absolute Gasteiger partial charge is 0.459 e. The molecule has 1 aliphatic rings. The second-order valence-corrected chi connectivity index (χ2v) is 6.09. The molecule has 1 amide bonds. The SMILES string of the molecule is CN1CCN(C(CNC(=O)c2ccco2)c2ccc(F)cc2)CC1. The van der Waals surface area contributed by atoms with Crippen molar-refractivity contribution >= 4 is 5.91 Å². The summed E-state index contributed by atoms with van der Waals surface area (Å²) < 4.78 is 18.4. The van der Waals surface area contributed by atoms with Crippen molar-refractivity contribution in [2.75, 3.05) is 39.8 Å². The smallest absolute Gasteiger partial charge is 0.287 e. The van der Waals surface area contributed by atoms with Gasteiger partial charge in [0.1, 0.15) is 5.82 Å². The zero-order valence-electron chi connectivity index (χ0n) is 13.7. The number of benzene rings is 1. The Morgan fingerprint density at radius 2 is 1.92 bits per heavy atom. The van der Waals surface area contributed by atoms with Gasteiger partial charge in [0.2, 0.25) is 0 Å². The van der Waals surface area contributed by atoms with E-state index in [0.29, 0.717) is 12.3 Å². The lowest BCUT2D eigenvalue weighted by molar-refractivity contribution is 0.0863. The predicted octanol–water partition coefficient (Wildman–Crippen LogP) is 2.14. The highest BCUT2D eigenvalue weighted by Gasteiger charge is 2.24. The molecule has 0 spiro atoms. The molecule has 0 aliphatic carbocycles. The molecule has 1 unspecified atom stereocenters. The van der Waals surface area contributed by atoms with Crippen molar-refractivity contribution in [1.82, 2.24) is 15.1 Å². The van der Waals surface area contributed by atoms with Gasteiger partial charge in [-0.2, -0.15) is 0 Å². The molecule has 1 aromatic carbocycles. The molecule has 1 aromatic heterocycles. The van der Waals surface area contributed by atoms with Crippen LogP contribution >= 0.6 is 0 Å². The van der Waals surface area contributed by atoms with Crippen molar-refractivity contribution in [1.29, 1.82) is 0 Å². The molecule has 5 nitrogen and oxygen atoms in total. The van der Waals surface area contributed by atoms with Crippen molar-refractivity contribution in [3.8, 4) is 0 Å². The molecule has 128 valence electrons. The standard InChI is InChI=1S/C18H22FN3O2/c1-21-8-10-22(11-9-21)16(14-4-6-15(19)7-5-14)13-20-18(23)17-3-2-12-24-17/h2-7,12,16H,8-11,13H2,1H3,(H,20,23). The van der Waals surface area contributed by atoms with E-state index in [-0.39, 0.29) is 17.8 Å². The summed E-state index contributed by atoms with van der Waals surface area (Å²) in [5, 5.41) is 2.93. The van der Waals surface area contributed by atoms with Crippen LogP contribution in [0, 0.1) is 5.82 Å². The first-order valence-corrected chi connectivity index (χ1v) is 8.13. The van der Waals surface area contributed by atoms with Crippen molar-refractivity contribution < 1.29 is 13.6 Å². The Balaban J connectivity index is 1.71. The van der Waals surface area contributed by atoms with Crippen LogP contribution in [-0.2, 0) is 0 Å². The van der Waals surface area contributed by atoms with E-state index in [1.54, 1.807) is 24.3 Å². The summed E-state index contributed by atoms with van der Waals surface area (Å²) in [4.78, 5) is 16.7. The molecule has 24 heavy (non-hydrogen) atoms. The van der Waals surface area contributed by atoms with Crippen LogP contribution in [0.2, 0.25) is 0 Å². The zero-order chi connectivity index (χ0) is 16.9. The van der Waals surface area contributed by atoms with Crippen molar-refractivity contribution in [2.45, 2.75) is 6.04 Å². The van der Waals surface area contributed by atoms with Crippen LogP contribution in [0.3, 0.4) is 0 Å². The van der Waals surface area contributed by atoms with E-state index in [4.69, 9.17) is 4.42 Å². The topological polar surface area (TPSA) is 48.7 Å². The van der Waals surface area contributed by atoms with Gasteiger partial charge in [-0.3, -0.25) is 9.69 Å². The van der Waals surface area contributed by atoms with Gasteiger partial charge < -0.3 is 14.6 Å². The highest BCUT2D eigenvalue weighted by molar-refractivity contribution is 5.91. The summed E-state index contributed by atoms with van der Waals surface area (Å²) in [7, 11) is 2.10. The van der Waals surface area contributed by atoms with Gasteiger partial charge in [0, 0.05) is 32.7 Å². The number of piperazine rings is 1. The number of nitrogens with one attached hydrogen (secondary N) is 1. The fourth-order valence-electron chi connectivity index (χ4n) is 2.96. The summed E-state index contributed by atoms with van der Waals surface area (Å²) in [6, 6.07) is 9.84. The lowest BCUT2D eigenvalue weighted by Gasteiger charge is -2.38. The number of nitrogens with zero attached hydrogens (tertiary/aromatic N) is 2. The molecule has 2 heterocycles. The number of amides is 1. The second kappa shape index (κ2) is 7.59. The molecule has 6 heteroatoms. The zero-order valence-corrected chi connectivity index (χ0v) is 13.7. The molecular formula is C18H22FN3O2. The quantitative estimate of drug-likeness (QED) is 0.912. The van der Waals surface area contributed by atoms with Gasteiger partial charge in [0.25, 0.3) is 5.91 Å². The lowest BCUT2D eigenvalue weighted by Crippen LogP contribution is -2.48. The van der Waals surface area contributed by atoms with E-state index < -0.39 is 0 Å². The number of furan rings is 1. The Bertz CT molecular complexity index is 649. The monoisotopic (exact) mass is 331 g/mol. The first kappa shape index (κ1) is 16.7. The van der Waals surface area contributed by atoms with E-state index in [1.807, 2.05) is 0 Å². The number of hydrogen-bond acceptors (Lipinski definition) is 4. The van der Waals surface area contributed by atoms with Gasteiger partial charge in [0.05, 0.1) is 12.3 Å². The number of carbonyl (C=O) groups excluding carboxylic acids is 1. The van der Waals surface area contributed by atoms with Crippen LogP contribution in [-0.4, -0.2) is 55.5 Å². The summed E-state index contributed by atoms with van der Waals surface area (Å²) in [6.07, 6.45) is 1.48. The Morgan fingerprint density at radius 1 is 1.21 bits per heavy atom. The molecule has 0 radical (unpaired) electrons. The van der Waals surface area contributed by atoms with Gasteiger partial charge in [0.15, 0.2) is 5.76 Å². The molecule has 0 bridgehead atoms. The van der Waals surface area contributed by atoms with E-state index in [1.165, 1.54) is 18.4 Å². The van der Waals surface area contributed by atoms with Crippen molar-refractivity contribution in [2.24, 2.45) is 0 Å². The Morgan fingerprint density at radius 3 is 2.54 bits per heavy atom. The summed E-state index contributed by atoms with van der Waals surface area (Å²) in [5.74, 6) is -0.192. The third-order valence-electron chi connectivity index (χ3n) is 4.43. The third-order valence-corrected chi connectivity index (χ3v) is 4.43. The number of rotatable bonds is 5. The van der Waals surface area contributed by atoms with Crippen LogP contribution < -0.4 is 5.32 Å². The highest BCUT2D eigenvalue weighted by atomic mass is 19.1. The molecule has 2 aromatic rings. The van der Waals surface area contributed by atoms with Gasteiger partial charge in [-0.25, -0.2) is 4.39 Å². The van der Waals surface area contributed by atoms with Gasteiger partial charge in [-0.1, -0.05) is 12.1 Å². The van der Waals surface area contributed by atoms with Gasteiger partial charge in [-0.05, 0) is 36.9 Å². The molecule has 1 fully saturated rings. The van der Waals surface area contributed by atoms with E-state index in [9.17, 15) is 9.18 Å². The number of hydrogen-bond donors (Lipinski definition) is 1. The first-order valence-electron chi connectivity index (χ1n) is 8.13. The van der Waals surface area contributed by atoms with Crippen molar-refractivity contribution in [3.05, 3.63) is 59.8 Å². The first-order chi connectivity index (χ1) is 11.6. The Labute approximate surface area is 141 Å². The van der Waals surface area contributed by atoms with E-state index >= 15 is 0 Å². The normalized spacial score (nSPS) is 17.6. The average Bonchev–Trinajstić information content (AvgIpc) is 3.12. The summed E-state index contributed by atoms with van der Waals surface area (Å²) in [5.41, 5.74) is 1.00. The van der Waals surface area contributed by atoms with E-state index in [2.05, 4.69) is 22.2 Å². The Kier molecular flexibility index (Phi) is 5.27. The number of carbonyl (C=O) groups is 1. The number of likely N-dealkylation sites (N-methyl/N-ethyl adjacent to an activating group) is 1. The summed E-state index contributed by atoms with van der Waals surface area (Å²) >= 11 is 0. The molecule has 1 saturated heterocycles. The fourth-order valence-corrected chi connectivity index (χ4v) is 2.96. The minimum Gasteiger partial charge on any atom is -0.459 e. The third kappa shape index (κ3) is 4.01. The van der Waals surface area contributed by atoms with Crippen LogP contribution in [0.4, 0.5) is 4.39 Å². The predicted molar refractivity (Wildman–Crippen MR) is 89.3 cm³/mol. The molecular weight excluding hydrogens is 309 g/mol. The van der Waals surface area contributed by atoms with Gasteiger partial charge >= 0.3 is 0 Å². The summed E-state index contributed by atoms with van der Waals surface area (Å²) in [6.45, 7) is 4.23. The number of halogens is 1. The minimum atomic E-state index is -0.254. The Hall–Kier alpha value is -2.18.